The molecule has 0 aliphatic carbocycles. The number of hydrogen-bond acceptors (Lipinski definition) is 2. The molecule has 132 valence electrons. The Kier molecular flexibility index (Phi) is 6.15. The Morgan fingerprint density at radius 3 is 2.28 bits per heavy atom. The Bertz CT molecular complexity index is 775. The first kappa shape index (κ1) is 18.9. The van der Waals surface area contributed by atoms with Gasteiger partial charge in [-0.3, -0.25) is 9.59 Å². The molecule has 1 atom stereocenters. The number of nitrogens with one attached hydrogen (secondary N) is 2. The van der Waals surface area contributed by atoms with Crippen molar-refractivity contribution in [3.63, 3.8) is 0 Å². The van der Waals surface area contributed by atoms with Gasteiger partial charge in [-0.25, -0.2) is 4.39 Å². The van der Waals surface area contributed by atoms with Crippen LogP contribution >= 0.6 is 11.6 Å². The summed E-state index contributed by atoms with van der Waals surface area (Å²) in [6.45, 7) is 5.51. The molecule has 2 N–H and O–H groups in total. The third-order valence-electron chi connectivity index (χ3n) is 3.79. The SMILES string of the molecule is Cc1cc(Cl)ccc1NC(=O)C(NC(=O)c1ccc(F)cc1)C(C)C. The Morgan fingerprint density at radius 1 is 1.08 bits per heavy atom. The van der Waals surface area contributed by atoms with Crippen molar-refractivity contribution >= 4 is 29.1 Å². The zero-order valence-corrected chi connectivity index (χ0v) is 15.0. The van der Waals surface area contributed by atoms with E-state index in [-0.39, 0.29) is 11.8 Å². The molecule has 25 heavy (non-hydrogen) atoms. The van der Waals surface area contributed by atoms with Gasteiger partial charge in [-0.05, 0) is 60.9 Å². The first-order chi connectivity index (χ1) is 11.8. The van der Waals surface area contributed by atoms with Crippen LogP contribution in [0.5, 0.6) is 0 Å². The highest BCUT2D eigenvalue weighted by Crippen LogP contribution is 2.20. The van der Waals surface area contributed by atoms with Gasteiger partial charge in [-0.2, -0.15) is 0 Å². The van der Waals surface area contributed by atoms with E-state index in [1.807, 2.05) is 20.8 Å². The number of anilines is 1. The molecule has 2 aromatic rings. The second-order valence-electron chi connectivity index (χ2n) is 6.15. The number of hydrogen-bond donors (Lipinski definition) is 2. The van der Waals surface area contributed by atoms with Crippen LogP contribution in [-0.2, 0) is 4.79 Å². The van der Waals surface area contributed by atoms with Crippen molar-refractivity contribution in [3.05, 3.63) is 64.4 Å². The maximum atomic E-state index is 13.0. The predicted octanol–water partition coefficient (Wildman–Crippen LogP) is 4.18. The van der Waals surface area contributed by atoms with Crippen molar-refractivity contribution in [2.45, 2.75) is 26.8 Å². The van der Waals surface area contributed by atoms with Crippen molar-refractivity contribution in [2.24, 2.45) is 5.92 Å². The minimum atomic E-state index is -0.729. The lowest BCUT2D eigenvalue weighted by atomic mass is 10.0. The summed E-state index contributed by atoms with van der Waals surface area (Å²) in [5.41, 5.74) is 1.76. The normalized spacial score (nSPS) is 11.9. The summed E-state index contributed by atoms with van der Waals surface area (Å²) in [6.07, 6.45) is 0. The number of carbonyl (C=O) groups is 2. The van der Waals surface area contributed by atoms with Crippen LogP contribution in [0.2, 0.25) is 5.02 Å². The minimum Gasteiger partial charge on any atom is -0.340 e. The monoisotopic (exact) mass is 362 g/mol. The van der Waals surface area contributed by atoms with Crippen LogP contribution in [0, 0.1) is 18.7 Å². The molecule has 6 heteroatoms. The van der Waals surface area contributed by atoms with Crippen LogP contribution in [0.3, 0.4) is 0 Å². The maximum absolute atomic E-state index is 13.0. The summed E-state index contributed by atoms with van der Waals surface area (Å²) >= 11 is 5.92. The number of carbonyl (C=O) groups excluding carboxylic acids is 2. The van der Waals surface area contributed by atoms with Gasteiger partial charge < -0.3 is 10.6 Å². The lowest BCUT2D eigenvalue weighted by molar-refractivity contribution is -0.118. The molecule has 0 bridgehead atoms. The molecule has 0 aliphatic heterocycles. The minimum absolute atomic E-state index is 0.128. The van der Waals surface area contributed by atoms with E-state index in [1.165, 1.54) is 24.3 Å². The lowest BCUT2D eigenvalue weighted by Gasteiger charge is -2.22. The fourth-order valence-corrected chi connectivity index (χ4v) is 2.57. The van der Waals surface area contributed by atoms with E-state index in [2.05, 4.69) is 10.6 Å². The molecule has 2 aromatic carbocycles. The molecular weight excluding hydrogens is 343 g/mol. The standard InChI is InChI=1S/C19H20ClFN2O2/c1-11(2)17(23-18(24)13-4-7-15(21)8-5-13)19(25)22-16-9-6-14(20)10-12(16)3/h4-11,17H,1-3H3,(H,22,25)(H,23,24). The second kappa shape index (κ2) is 8.12. The highest BCUT2D eigenvalue weighted by Gasteiger charge is 2.25. The molecule has 0 saturated heterocycles. The molecule has 0 saturated carbocycles. The Hall–Kier alpha value is -2.40. The van der Waals surface area contributed by atoms with Crippen molar-refractivity contribution in [1.29, 1.82) is 0 Å². The van der Waals surface area contributed by atoms with E-state index < -0.39 is 17.8 Å². The van der Waals surface area contributed by atoms with Crippen molar-refractivity contribution in [3.8, 4) is 0 Å². The van der Waals surface area contributed by atoms with E-state index >= 15 is 0 Å². The van der Waals surface area contributed by atoms with Crippen LogP contribution in [0.1, 0.15) is 29.8 Å². The third kappa shape index (κ3) is 5.03. The molecule has 0 radical (unpaired) electrons. The first-order valence-corrected chi connectivity index (χ1v) is 8.29. The number of benzene rings is 2. The number of rotatable bonds is 5. The van der Waals surface area contributed by atoms with Gasteiger partial charge in [0.1, 0.15) is 11.9 Å². The second-order valence-corrected chi connectivity index (χ2v) is 6.59. The van der Waals surface area contributed by atoms with Crippen LogP contribution in [0.4, 0.5) is 10.1 Å². The first-order valence-electron chi connectivity index (χ1n) is 7.91. The Morgan fingerprint density at radius 2 is 1.72 bits per heavy atom. The third-order valence-corrected chi connectivity index (χ3v) is 4.02. The van der Waals surface area contributed by atoms with Gasteiger partial charge in [-0.1, -0.05) is 25.4 Å². The van der Waals surface area contributed by atoms with Crippen molar-refractivity contribution in [2.75, 3.05) is 5.32 Å². The Labute approximate surface area is 151 Å². The lowest BCUT2D eigenvalue weighted by Crippen LogP contribution is -2.47. The van der Waals surface area contributed by atoms with E-state index in [0.717, 1.165) is 5.56 Å². The molecule has 1 unspecified atom stereocenters. The zero-order chi connectivity index (χ0) is 18.6. The van der Waals surface area contributed by atoms with Gasteiger partial charge in [0, 0.05) is 16.3 Å². The molecule has 2 rings (SSSR count). The molecular formula is C19H20ClFN2O2. The van der Waals surface area contributed by atoms with E-state index in [9.17, 15) is 14.0 Å². The summed E-state index contributed by atoms with van der Waals surface area (Å²) in [5, 5.41) is 6.10. The fraction of sp³-hybridized carbons (Fsp3) is 0.263. The smallest absolute Gasteiger partial charge is 0.251 e. The van der Waals surface area contributed by atoms with Gasteiger partial charge in [0.2, 0.25) is 5.91 Å². The van der Waals surface area contributed by atoms with Crippen molar-refractivity contribution in [1.82, 2.24) is 5.32 Å². The molecule has 0 fully saturated rings. The van der Waals surface area contributed by atoms with Crippen LogP contribution < -0.4 is 10.6 Å². The summed E-state index contributed by atoms with van der Waals surface area (Å²) in [7, 11) is 0. The molecule has 0 heterocycles. The van der Waals surface area contributed by atoms with E-state index in [1.54, 1.807) is 18.2 Å². The van der Waals surface area contributed by atoms with Crippen LogP contribution in [-0.4, -0.2) is 17.9 Å². The summed E-state index contributed by atoms with van der Waals surface area (Å²) in [4.78, 5) is 24.9. The van der Waals surface area contributed by atoms with Crippen LogP contribution in [0.25, 0.3) is 0 Å². The average Bonchev–Trinajstić information content (AvgIpc) is 2.55. The number of aryl methyl sites for hydroxylation is 1. The Balaban J connectivity index is 2.12. The van der Waals surface area contributed by atoms with E-state index in [4.69, 9.17) is 11.6 Å². The molecule has 0 spiro atoms. The van der Waals surface area contributed by atoms with Crippen LogP contribution in [0.15, 0.2) is 42.5 Å². The van der Waals surface area contributed by atoms with Crippen molar-refractivity contribution < 1.29 is 14.0 Å². The van der Waals surface area contributed by atoms with Gasteiger partial charge in [0.25, 0.3) is 5.91 Å². The molecule has 4 nitrogen and oxygen atoms in total. The number of halogens is 2. The number of amides is 2. The summed E-state index contributed by atoms with van der Waals surface area (Å²) in [5.74, 6) is -1.30. The van der Waals surface area contributed by atoms with Gasteiger partial charge in [0.05, 0.1) is 0 Å². The summed E-state index contributed by atoms with van der Waals surface area (Å²) < 4.78 is 13.0. The van der Waals surface area contributed by atoms with Gasteiger partial charge >= 0.3 is 0 Å². The van der Waals surface area contributed by atoms with Gasteiger partial charge in [0.15, 0.2) is 0 Å². The largest absolute Gasteiger partial charge is 0.340 e. The topological polar surface area (TPSA) is 58.2 Å². The predicted molar refractivity (Wildman–Crippen MR) is 97.3 cm³/mol. The highest BCUT2D eigenvalue weighted by molar-refractivity contribution is 6.30. The zero-order valence-electron chi connectivity index (χ0n) is 14.3. The average molecular weight is 363 g/mol. The highest BCUT2D eigenvalue weighted by atomic mass is 35.5. The van der Waals surface area contributed by atoms with Gasteiger partial charge in [-0.15, -0.1) is 0 Å². The maximum Gasteiger partial charge on any atom is 0.251 e. The molecule has 0 aromatic heterocycles. The quantitative estimate of drug-likeness (QED) is 0.838. The molecule has 2 amide bonds. The fourth-order valence-electron chi connectivity index (χ4n) is 2.34. The van der Waals surface area contributed by atoms with E-state index in [0.29, 0.717) is 16.3 Å². The molecule has 0 aliphatic rings. The summed E-state index contributed by atoms with van der Waals surface area (Å²) in [6, 6.07) is 9.59.